The molecule has 1 saturated heterocycles. The molecule has 2 aromatic heterocycles. The average Bonchev–Trinajstić information content (AvgIpc) is 3.45. The number of nitrogens with one attached hydrogen (secondary N) is 1. The van der Waals surface area contributed by atoms with Gasteiger partial charge in [0.25, 0.3) is 17.0 Å². The molecule has 0 spiro atoms. The van der Waals surface area contributed by atoms with Crippen LogP contribution in [0.5, 0.6) is 11.5 Å². The Labute approximate surface area is 265 Å². The molecular weight excluding hydrogens is 653 g/mol. The summed E-state index contributed by atoms with van der Waals surface area (Å²) >= 11 is 3.38. The molecule has 7 N–H and O–H groups in total. The molecule has 2 aliphatic heterocycles. The number of benzene rings is 1. The van der Waals surface area contributed by atoms with Gasteiger partial charge in [0.1, 0.15) is 22.8 Å². The van der Waals surface area contributed by atoms with Crippen molar-refractivity contribution in [2.24, 2.45) is 5.16 Å². The number of anilines is 1. The van der Waals surface area contributed by atoms with Crippen LogP contribution in [0.3, 0.4) is 0 Å². The van der Waals surface area contributed by atoms with E-state index in [4.69, 9.17) is 15.0 Å². The standard InChI is InChI=1S/C26H22N6O10S3/c27-24-29-12(9-44-24)16(31-42-26(3-4-26)23(39)40)19(35)30-17-20(36)32-18(22(37)38)11(7-43-21(17)32)8-45-25-28-6-15(41-25)10-1-2-13(33)14(34)5-10/h1-2,5-6,9,17,21,33-34H,3-4,7-8H2,(H2,27,29)(H,30,35)(H,37,38)(H,39,40)/t17-,21+/m1/s1. The summed E-state index contributed by atoms with van der Waals surface area (Å²) in [5, 5.41) is 46.0. The summed E-state index contributed by atoms with van der Waals surface area (Å²) in [5.41, 5.74) is 4.51. The number of nitrogen functional groups attached to an aromatic ring is 1. The van der Waals surface area contributed by atoms with Gasteiger partial charge in [0.2, 0.25) is 5.60 Å². The van der Waals surface area contributed by atoms with Crippen LogP contribution in [0.25, 0.3) is 11.3 Å². The van der Waals surface area contributed by atoms with E-state index < -0.39 is 40.8 Å². The molecule has 2 amide bonds. The number of amides is 2. The summed E-state index contributed by atoms with van der Waals surface area (Å²) in [4.78, 5) is 64.8. The highest BCUT2D eigenvalue weighted by Crippen LogP contribution is 2.42. The third-order valence-corrected chi connectivity index (χ3v) is 9.98. The maximum absolute atomic E-state index is 13.3. The number of phenolic OH excluding ortho intramolecular Hbond substituents is 2. The third-order valence-electron chi connectivity index (χ3n) is 7.04. The lowest BCUT2D eigenvalue weighted by Gasteiger charge is -2.49. The van der Waals surface area contributed by atoms with Gasteiger partial charge in [-0.3, -0.25) is 14.5 Å². The number of carboxylic acid groups (broad SMARTS) is 2. The van der Waals surface area contributed by atoms with Crippen molar-refractivity contribution >= 4 is 69.5 Å². The van der Waals surface area contributed by atoms with Gasteiger partial charge in [-0.15, -0.1) is 23.1 Å². The van der Waals surface area contributed by atoms with E-state index in [0.717, 1.165) is 28.0 Å². The number of carbonyl (C=O) groups excluding carboxylic acids is 2. The van der Waals surface area contributed by atoms with E-state index in [9.17, 15) is 39.6 Å². The molecular formula is C26H22N6O10S3. The number of fused-ring (bicyclic) bond motifs is 1. The largest absolute Gasteiger partial charge is 0.504 e. The van der Waals surface area contributed by atoms with E-state index in [1.54, 1.807) is 0 Å². The van der Waals surface area contributed by atoms with Gasteiger partial charge in [0, 0.05) is 35.3 Å². The lowest BCUT2D eigenvalue weighted by Crippen LogP contribution is -2.71. The molecule has 3 aromatic rings. The van der Waals surface area contributed by atoms with Crippen molar-refractivity contribution in [2.45, 2.75) is 35.1 Å². The molecule has 3 aliphatic rings. The zero-order valence-corrected chi connectivity index (χ0v) is 25.1. The van der Waals surface area contributed by atoms with Crippen LogP contribution in [0, 0.1) is 0 Å². The zero-order valence-electron chi connectivity index (χ0n) is 22.7. The SMILES string of the molecule is Nc1nc(C(=NOC2(C(=O)O)CC2)C(=O)N[C@@H]2C(=O)N3C(C(=O)O)=C(CSc4ncc(-c5ccc(O)c(O)c5)o4)CS[C@@H]23)cs1. The van der Waals surface area contributed by atoms with Gasteiger partial charge in [0.05, 0.1) is 6.20 Å². The average molecular weight is 675 g/mol. The molecule has 1 aliphatic carbocycles. The van der Waals surface area contributed by atoms with Crippen molar-refractivity contribution in [1.29, 1.82) is 0 Å². The zero-order chi connectivity index (χ0) is 32.0. The summed E-state index contributed by atoms with van der Waals surface area (Å²) < 4.78 is 5.70. The number of β-lactam (4-membered cyclic amide) rings is 1. The number of phenols is 2. The number of rotatable bonds is 11. The number of carbonyl (C=O) groups is 4. The van der Waals surface area contributed by atoms with Crippen molar-refractivity contribution in [1.82, 2.24) is 20.2 Å². The van der Waals surface area contributed by atoms with E-state index in [0.29, 0.717) is 16.9 Å². The topological polar surface area (TPSA) is 251 Å². The molecule has 19 heteroatoms. The predicted molar refractivity (Wildman–Crippen MR) is 159 cm³/mol. The molecule has 4 heterocycles. The maximum atomic E-state index is 13.3. The van der Waals surface area contributed by atoms with E-state index in [2.05, 4.69) is 20.4 Å². The molecule has 2 atom stereocenters. The van der Waals surface area contributed by atoms with Gasteiger partial charge in [-0.25, -0.2) is 19.6 Å². The monoisotopic (exact) mass is 674 g/mol. The van der Waals surface area contributed by atoms with Crippen molar-refractivity contribution in [2.75, 3.05) is 17.2 Å². The minimum absolute atomic E-state index is 0.0263. The number of oxazole rings is 1. The minimum Gasteiger partial charge on any atom is -0.504 e. The van der Waals surface area contributed by atoms with Gasteiger partial charge < -0.3 is 40.7 Å². The first kappa shape index (κ1) is 30.3. The highest BCUT2D eigenvalue weighted by molar-refractivity contribution is 8.01. The second-order valence-electron chi connectivity index (χ2n) is 10.0. The highest BCUT2D eigenvalue weighted by Gasteiger charge is 2.56. The first-order valence-electron chi connectivity index (χ1n) is 13.0. The van der Waals surface area contributed by atoms with Gasteiger partial charge >= 0.3 is 11.9 Å². The molecule has 234 valence electrons. The first-order valence-corrected chi connectivity index (χ1v) is 15.9. The Morgan fingerprint density at radius 1 is 1.24 bits per heavy atom. The van der Waals surface area contributed by atoms with Crippen LogP contribution in [0.1, 0.15) is 18.5 Å². The normalized spacial score (nSPS) is 20.3. The molecule has 0 unspecified atom stereocenters. The second-order valence-corrected chi connectivity index (χ2v) is 12.9. The van der Waals surface area contributed by atoms with Crippen LogP contribution in [-0.4, -0.2) is 93.3 Å². The van der Waals surface area contributed by atoms with Crippen molar-refractivity contribution in [3.05, 3.63) is 46.7 Å². The Morgan fingerprint density at radius 3 is 2.67 bits per heavy atom. The van der Waals surface area contributed by atoms with E-state index >= 15 is 0 Å². The van der Waals surface area contributed by atoms with Crippen molar-refractivity contribution in [3.8, 4) is 22.8 Å². The van der Waals surface area contributed by atoms with Crippen LogP contribution in [0.2, 0.25) is 0 Å². The van der Waals surface area contributed by atoms with E-state index in [1.807, 2.05) is 0 Å². The fourth-order valence-electron chi connectivity index (χ4n) is 4.48. The van der Waals surface area contributed by atoms with Crippen molar-refractivity contribution < 1.29 is 48.9 Å². The van der Waals surface area contributed by atoms with Crippen molar-refractivity contribution in [3.63, 3.8) is 0 Å². The molecule has 2 fully saturated rings. The Kier molecular flexibility index (Phi) is 7.83. The molecule has 1 saturated carbocycles. The minimum atomic E-state index is -1.54. The summed E-state index contributed by atoms with van der Waals surface area (Å²) in [6.45, 7) is 0. The molecule has 0 radical (unpaired) electrons. The summed E-state index contributed by atoms with van der Waals surface area (Å²) in [5.74, 6) is -4.02. The summed E-state index contributed by atoms with van der Waals surface area (Å²) in [7, 11) is 0. The Morgan fingerprint density at radius 2 is 2.02 bits per heavy atom. The van der Waals surface area contributed by atoms with Gasteiger partial charge in [-0.2, -0.15) is 0 Å². The van der Waals surface area contributed by atoms with Crippen LogP contribution in [0.15, 0.2) is 55.8 Å². The fraction of sp³-hybridized carbons (Fsp3) is 0.269. The number of aliphatic carboxylic acids is 2. The number of aromatic hydroxyl groups is 2. The lowest BCUT2D eigenvalue weighted by atomic mass is 10.0. The van der Waals surface area contributed by atoms with Gasteiger partial charge in [0.15, 0.2) is 28.1 Å². The number of nitrogens with two attached hydrogens (primary N) is 1. The summed E-state index contributed by atoms with van der Waals surface area (Å²) in [6.07, 6.45) is 1.84. The van der Waals surface area contributed by atoms with E-state index in [1.165, 1.54) is 41.5 Å². The number of thiazole rings is 1. The van der Waals surface area contributed by atoms with Gasteiger partial charge in [-0.05, 0) is 23.8 Å². The Balaban J connectivity index is 1.15. The molecule has 1 aromatic carbocycles. The highest BCUT2D eigenvalue weighted by atomic mass is 32.2. The molecule has 6 rings (SSSR count). The molecule has 16 nitrogen and oxygen atoms in total. The van der Waals surface area contributed by atoms with Crippen LogP contribution in [0.4, 0.5) is 5.13 Å². The predicted octanol–water partition coefficient (Wildman–Crippen LogP) is 1.66. The van der Waals surface area contributed by atoms with Crippen LogP contribution < -0.4 is 11.1 Å². The maximum Gasteiger partial charge on any atom is 0.352 e. The third kappa shape index (κ3) is 5.76. The molecule has 0 bridgehead atoms. The second kappa shape index (κ2) is 11.6. The number of hydrogen-bond acceptors (Lipinski definition) is 15. The Bertz CT molecular complexity index is 1800. The van der Waals surface area contributed by atoms with Gasteiger partial charge in [-0.1, -0.05) is 16.9 Å². The number of hydrogen-bond donors (Lipinski definition) is 6. The fourth-order valence-corrected chi connectivity index (χ4v) is 7.31. The smallest absolute Gasteiger partial charge is 0.352 e. The molecule has 45 heavy (non-hydrogen) atoms. The van der Waals surface area contributed by atoms with E-state index in [-0.39, 0.29) is 63.3 Å². The lowest BCUT2D eigenvalue weighted by molar-refractivity contribution is -0.153. The number of carboxylic acids is 2. The van der Waals surface area contributed by atoms with Crippen LogP contribution in [-0.2, 0) is 24.0 Å². The quantitative estimate of drug-likeness (QED) is 0.0556. The number of thioether (sulfide) groups is 2. The van der Waals surface area contributed by atoms with Crippen LogP contribution >= 0.6 is 34.9 Å². The first-order chi connectivity index (χ1) is 21.5. The Hall–Kier alpha value is -4.75. The number of aromatic nitrogens is 2. The number of oxime groups is 1. The number of nitrogens with zero attached hydrogens (tertiary/aromatic N) is 4. The summed E-state index contributed by atoms with van der Waals surface area (Å²) in [6, 6.07) is 3.05.